The monoisotopic (exact) mass is 367 g/mol. The fourth-order valence-corrected chi connectivity index (χ4v) is 4.48. The topological polar surface area (TPSA) is 30.7 Å². The fraction of sp³-hybridized carbons (Fsp3) is 0.0435. The lowest BCUT2D eigenvalue weighted by molar-refractivity contribution is 0.981. The number of fused-ring (bicyclic) bond motifs is 3. The third-order valence-corrected chi connectivity index (χ3v) is 5.77. The van der Waals surface area contributed by atoms with Crippen LogP contribution in [0.1, 0.15) is 5.56 Å². The van der Waals surface area contributed by atoms with E-state index in [-0.39, 0.29) is 0 Å². The van der Waals surface area contributed by atoms with E-state index in [1.54, 1.807) is 12.4 Å². The molecule has 0 aliphatic heterocycles. The van der Waals surface area contributed by atoms with E-state index in [4.69, 9.17) is 0 Å². The van der Waals surface area contributed by atoms with Crippen LogP contribution < -0.4 is 0 Å². The second-order valence-corrected chi connectivity index (χ2v) is 7.35. The first-order valence-electron chi connectivity index (χ1n) is 8.88. The molecule has 0 unspecified atom stereocenters. The van der Waals surface area contributed by atoms with Crippen LogP contribution in [0.3, 0.4) is 0 Å². The van der Waals surface area contributed by atoms with Gasteiger partial charge in [-0.2, -0.15) is 0 Å². The molecule has 0 bridgehead atoms. The van der Waals surface area contributed by atoms with Crippen molar-refractivity contribution in [1.82, 2.24) is 14.5 Å². The molecule has 0 saturated heterocycles. The van der Waals surface area contributed by atoms with Gasteiger partial charge in [-0.1, -0.05) is 60.7 Å². The molecule has 3 aromatic carbocycles. The molecule has 5 rings (SSSR count). The molecule has 0 fully saturated rings. The van der Waals surface area contributed by atoms with E-state index in [0.29, 0.717) is 5.95 Å². The maximum absolute atomic E-state index is 4.52. The van der Waals surface area contributed by atoms with E-state index in [9.17, 15) is 0 Å². The smallest absolute Gasteiger partial charge is 0.234 e. The Morgan fingerprint density at radius 1 is 0.704 bits per heavy atom. The Hall–Kier alpha value is -3.11. The maximum atomic E-state index is 4.52. The lowest BCUT2D eigenvalue weighted by atomic mass is 10.1. The summed E-state index contributed by atoms with van der Waals surface area (Å²) in [5.41, 5.74) is 3.62. The van der Waals surface area contributed by atoms with Gasteiger partial charge >= 0.3 is 0 Å². The lowest BCUT2D eigenvalue weighted by Gasteiger charge is -2.09. The molecule has 3 nitrogen and oxygen atoms in total. The molecule has 5 aromatic rings. The number of rotatable bonds is 4. The molecule has 2 heterocycles. The first kappa shape index (κ1) is 16.1. The van der Waals surface area contributed by atoms with Crippen LogP contribution in [0, 0.1) is 0 Å². The van der Waals surface area contributed by atoms with Gasteiger partial charge in [0.15, 0.2) is 0 Å². The zero-order valence-corrected chi connectivity index (χ0v) is 15.4. The van der Waals surface area contributed by atoms with Gasteiger partial charge < -0.3 is 0 Å². The molecular formula is C23H17N3S. The Morgan fingerprint density at radius 3 is 2.30 bits per heavy atom. The Kier molecular flexibility index (Phi) is 4.11. The van der Waals surface area contributed by atoms with Crippen molar-refractivity contribution >= 4 is 33.6 Å². The second-order valence-electron chi connectivity index (χ2n) is 6.33. The van der Waals surface area contributed by atoms with E-state index < -0.39 is 0 Å². The summed E-state index contributed by atoms with van der Waals surface area (Å²) in [5.74, 6) is 1.63. The Morgan fingerprint density at radius 2 is 1.44 bits per heavy atom. The minimum absolute atomic E-state index is 0.705. The molecule has 0 saturated carbocycles. The highest BCUT2D eigenvalue weighted by molar-refractivity contribution is 7.98. The van der Waals surface area contributed by atoms with Gasteiger partial charge in [-0.05, 0) is 23.8 Å². The highest BCUT2D eigenvalue weighted by atomic mass is 32.2. The zero-order valence-electron chi connectivity index (χ0n) is 14.6. The van der Waals surface area contributed by atoms with Gasteiger partial charge in [-0.15, -0.1) is 11.8 Å². The number of aromatic nitrogens is 3. The molecular weight excluding hydrogens is 350 g/mol. The van der Waals surface area contributed by atoms with Crippen molar-refractivity contribution in [1.29, 1.82) is 0 Å². The number of benzene rings is 3. The molecule has 27 heavy (non-hydrogen) atoms. The average Bonchev–Trinajstić information content (AvgIpc) is 3.09. The number of para-hydroxylation sites is 2. The highest BCUT2D eigenvalue weighted by Crippen LogP contribution is 2.37. The summed E-state index contributed by atoms with van der Waals surface area (Å²) in [5, 5.41) is 2.46. The standard InChI is InChI=1S/C23H17N3S/c1-2-8-17(9-3-1)16-27-21-13-6-11-19-18-10-4-5-12-20(18)26(22(19)21)23-24-14-7-15-25-23/h1-15H,16H2. The summed E-state index contributed by atoms with van der Waals surface area (Å²) in [7, 11) is 0. The van der Waals surface area contributed by atoms with E-state index in [1.807, 2.05) is 17.8 Å². The van der Waals surface area contributed by atoms with Crippen molar-refractivity contribution in [2.45, 2.75) is 10.6 Å². The number of hydrogen-bond donors (Lipinski definition) is 0. The lowest BCUT2D eigenvalue weighted by Crippen LogP contribution is -2.00. The summed E-state index contributed by atoms with van der Waals surface area (Å²) < 4.78 is 2.18. The predicted molar refractivity (Wildman–Crippen MR) is 112 cm³/mol. The maximum Gasteiger partial charge on any atom is 0.234 e. The summed E-state index contributed by atoms with van der Waals surface area (Å²) in [6, 6.07) is 27.4. The quantitative estimate of drug-likeness (QED) is 0.372. The second kappa shape index (κ2) is 6.89. The number of hydrogen-bond acceptors (Lipinski definition) is 3. The predicted octanol–water partition coefficient (Wildman–Crippen LogP) is 5.87. The van der Waals surface area contributed by atoms with E-state index in [2.05, 4.69) is 87.3 Å². The first-order chi connectivity index (χ1) is 13.4. The van der Waals surface area contributed by atoms with Crippen LogP contribution in [0.4, 0.5) is 0 Å². The number of nitrogens with zero attached hydrogens (tertiary/aromatic N) is 3. The zero-order chi connectivity index (χ0) is 18.1. The third kappa shape index (κ3) is 2.88. The average molecular weight is 367 g/mol. The largest absolute Gasteiger partial charge is 0.277 e. The summed E-state index contributed by atoms with van der Waals surface area (Å²) >= 11 is 1.85. The Labute approximate surface area is 161 Å². The van der Waals surface area contributed by atoms with Gasteiger partial charge in [0.1, 0.15) is 0 Å². The van der Waals surface area contributed by atoms with Crippen LogP contribution in [0.2, 0.25) is 0 Å². The minimum atomic E-state index is 0.705. The molecule has 0 aliphatic rings. The van der Waals surface area contributed by atoms with Gasteiger partial charge in [-0.3, -0.25) is 4.57 Å². The SMILES string of the molecule is c1ccc(CSc2cccc3c4ccccc4n(-c4ncccn4)c23)cc1. The molecule has 0 spiro atoms. The first-order valence-corrected chi connectivity index (χ1v) is 9.87. The molecule has 0 amide bonds. The molecule has 0 aliphatic carbocycles. The molecule has 0 radical (unpaired) electrons. The summed E-state index contributed by atoms with van der Waals surface area (Å²) in [6.07, 6.45) is 3.59. The van der Waals surface area contributed by atoms with Crippen molar-refractivity contribution in [3.05, 3.63) is 96.8 Å². The molecule has 2 aromatic heterocycles. The molecule has 4 heteroatoms. The van der Waals surface area contributed by atoms with Crippen LogP contribution in [-0.4, -0.2) is 14.5 Å². The summed E-state index contributed by atoms with van der Waals surface area (Å²) in [6.45, 7) is 0. The minimum Gasteiger partial charge on any atom is -0.277 e. The van der Waals surface area contributed by atoms with Crippen molar-refractivity contribution in [2.75, 3.05) is 0 Å². The third-order valence-electron chi connectivity index (χ3n) is 4.65. The fourth-order valence-electron chi connectivity index (χ4n) is 3.45. The Bertz CT molecular complexity index is 1210. The van der Waals surface area contributed by atoms with Gasteiger partial charge in [0.05, 0.1) is 11.0 Å². The van der Waals surface area contributed by atoms with Gasteiger partial charge in [-0.25, -0.2) is 9.97 Å². The van der Waals surface area contributed by atoms with Crippen LogP contribution in [0.5, 0.6) is 0 Å². The molecule has 130 valence electrons. The summed E-state index contributed by atoms with van der Waals surface area (Å²) in [4.78, 5) is 10.3. The van der Waals surface area contributed by atoms with E-state index in [0.717, 1.165) is 11.3 Å². The van der Waals surface area contributed by atoms with Crippen LogP contribution in [-0.2, 0) is 5.75 Å². The Balaban J connectivity index is 1.73. The van der Waals surface area contributed by atoms with Crippen LogP contribution in [0.15, 0.2) is 96.2 Å². The van der Waals surface area contributed by atoms with Gasteiger partial charge in [0, 0.05) is 33.8 Å². The van der Waals surface area contributed by atoms with Gasteiger partial charge in [0.2, 0.25) is 5.95 Å². The molecule has 0 N–H and O–H groups in total. The van der Waals surface area contributed by atoms with Crippen LogP contribution >= 0.6 is 11.8 Å². The van der Waals surface area contributed by atoms with E-state index in [1.165, 1.54) is 26.7 Å². The van der Waals surface area contributed by atoms with Crippen molar-refractivity contribution in [2.24, 2.45) is 0 Å². The van der Waals surface area contributed by atoms with Crippen molar-refractivity contribution in [3.8, 4) is 5.95 Å². The van der Waals surface area contributed by atoms with Crippen LogP contribution in [0.25, 0.3) is 27.8 Å². The molecule has 0 atom stereocenters. The van der Waals surface area contributed by atoms with Gasteiger partial charge in [0.25, 0.3) is 0 Å². The number of thioether (sulfide) groups is 1. The van der Waals surface area contributed by atoms with Crippen molar-refractivity contribution < 1.29 is 0 Å². The van der Waals surface area contributed by atoms with Crippen molar-refractivity contribution in [3.63, 3.8) is 0 Å². The highest BCUT2D eigenvalue weighted by Gasteiger charge is 2.16. The normalized spacial score (nSPS) is 11.3. The van der Waals surface area contributed by atoms with E-state index >= 15 is 0 Å².